The van der Waals surface area contributed by atoms with Gasteiger partial charge in [0.1, 0.15) is 0 Å². The van der Waals surface area contributed by atoms with Crippen LogP contribution in [0.25, 0.3) is 10.9 Å². The maximum atomic E-state index is 4.59. The lowest BCUT2D eigenvalue weighted by Crippen LogP contribution is -2.22. The predicted molar refractivity (Wildman–Crippen MR) is 91.7 cm³/mol. The minimum atomic E-state index is 0.474. The van der Waals surface area contributed by atoms with Gasteiger partial charge in [0.05, 0.1) is 5.52 Å². The van der Waals surface area contributed by atoms with Crippen molar-refractivity contribution in [2.75, 3.05) is 6.54 Å². The van der Waals surface area contributed by atoms with Crippen LogP contribution in [0.4, 0.5) is 0 Å². The molecule has 114 valence electrons. The SMILES string of the molecule is CCCCCC(NCCC)c1ccc2nc(C)ccc2c1. The summed E-state index contributed by atoms with van der Waals surface area (Å²) in [5.74, 6) is 0. The molecule has 2 aromatic rings. The Hall–Kier alpha value is -1.41. The van der Waals surface area contributed by atoms with Crippen molar-refractivity contribution in [2.45, 2.75) is 58.9 Å². The van der Waals surface area contributed by atoms with Gasteiger partial charge in [0.15, 0.2) is 0 Å². The average molecular weight is 284 g/mol. The third kappa shape index (κ3) is 4.53. The Morgan fingerprint density at radius 3 is 2.67 bits per heavy atom. The van der Waals surface area contributed by atoms with Crippen molar-refractivity contribution in [3.8, 4) is 0 Å². The predicted octanol–water partition coefficient (Wildman–Crippen LogP) is 5.16. The van der Waals surface area contributed by atoms with Gasteiger partial charge in [-0.3, -0.25) is 4.98 Å². The van der Waals surface area contributed by atoms with Crippen LogP contribution in [0.1, 0.15) is 63.3 Å². The quantitative estimate of drug-likeness (QED) is 0.677. The Morgan fingerprint density at radius 2 is 1.90 bits per heavy atom. The molecule has 0 saturated carbocycles. The standard InChI is InChI=1S/C19H28N2/c1-4-6-7-8-18(20-13-5-2)16-11-12-19-17(14-16)10-9-15(3)21-19/h9-12,14,18,20H,4-8,13H2,1-3H3. The molecule has 0 aliphatic rings. The van der Waals surface area contributed by atoms with Crippen molar-refractivity contribution in [2.24, 2.45) is 0 Å². The molecule has 0 fully saturated rings. The summed E-state index contributed by atoms with van der Waals surface area (Å²) >= 11 is 0. The molecule has 1 heterocycles. The molecule has 0 radical (unpaired) electrons. The average Bonchev–Trinajstić information content (AvgIpc) is 2.50. The molecule has 1 aromatic carbocycles. The van der Waals surface area contributed by atoms with Gasteiger partial charge in [0.2, 0.25) is 0 Å². The molecule has 0 aliphatic heterocycles. The molecular weight excluding hydrogens is 256 g/mol. The zero-order valence-electron chi connectivity index (χ0n) is 13.7. The molecule has 2 rings (SSSR count). The van der Waals surface area contributed by atoms with Crippen LogP contribution < -0.4 is 5.32 Å². The van der Waals surface area contributed by atoms with Crippen molar-refractivity contribution in [3.63, 3.8) is 0 Å². The number of unbranched alkanes of at least 4 members (excludes halogenated alkanes) is 2. The Morgan fingerprint density at radius 1 is 1.05 bits per heavy atom. The van der Waals surface area contributed by atoms with Gasteiger partial charge in [0, 0.05) is 17.1 Å². The smallest absolute Gasteiger partial charge is 0.0705 e. The molecule has 2 heteroatoms. The summed E-state index contributed by atoms with van der Waals surface area (Å²) in [5.41, 5.74) is 3.58. The van der Waals surface area contributed by atoms with Crippen LogP contribution in [0.15, 0.2) is 30.3 Å². The van der Waals surface area contributed by atoms with Gasteiger partial charge < -0.3 is 5.32 Å². The fourth-order valence-electron chi connectivity index (χ4n) is 2.77. The first-order chi connectivity index (χ1) is 10.2. The minimum Gasteiger partial charge on any atom is -0.310 e. The van der Waals surface area contributed by atoms with E-state index in [-0.39, 0.29) is 0 Å². The van der Waals surface area contributed by atoms with E-state index in [0.29, 0.717) is 6.04 Å². The first kappa shape index (κ1) is 16.0. The van der Waals surface area contributed by atoms with Gasteiger partial charge in [-0.15, -0.1) is 0 Å². The van der Waals surface area contributed by atoms with Crippen molar-refractivity contribution < 1.29 is 0 Å². The molecule has 2 nitrogen and oxygen atoms in total. The van der Waals surface area contributed by atoms with E-state index in [1.165, 1.54) is 43.1 Å². The molecule has 1 unspecified atom stereocenters. The summed E-state index contributed by atoms with van der Waals surface area (Å²) in [6.45, 7) is 7.62. The Kier molecular flexibility index (Phi) is 6.19. The summed E-state index contributed by atoms with van der Waals surface area (Å²) in [4.78, 5) is 4.59. The molecule has 0 bridgehead atoms. The number of hydrogen-bond acceptors (Lipinski definition) is 2. The zero-order valence-corrected chi connectivity index (χ0v) is 13.7. The highest BCUT2D eigenvalue weighted by molar-refractivity contribution is 5.79. The lowest BCUT2D eigenvalue weighted by molar-refractivity contribution is 0.475. The van der Waals surface area contributed by atoms with E-state index in [4.69, 9.17) is 0 Å². The van der Waals surface area contributed by atoms with Crippen LogP contribution in [0.3, 0.4) is 0 Å². The molecule has 21 heavy (non-hydrogen) atoms. The summed E-state index contributed by atoms with van der Waals surface area (Å²) in [7, 11) is 0. The zero-order chi connectivity index (χ0) is 15.1. The first-order valence-electron chi connectivity index (χ1n) is 8.35. The van der Waals surface area contributed by atoms with Crippen LogP contribution in [-0.4, -0.2) is 11.5 Å². The topological polar surface area (TPSA) is 24.9 Å². The van der Waals surface area contributed by atoms with Crippen LogP contribution >= 0.6 is 0 Å². The highest BCUT2D eigenvalue weighted by Gasteiger charge is 2.11. The summed E-state index contributed by atoms with van der Waals surface area (Å²) < 4.78 is 0. The van der Waals surface area contributed by atoms with Gasteiger partial charge >= 0.3 is 0 Å². The van der Waals surface area contributed by atoms with Gasteiger partial charge in [-0.25, -0.2) is 0 Å². The third-order valence-corrected chi connectivity index (χ3v) is 3.99. The molecule has 1 N–H and O–H groups in total. The number of nitrogens with zero attached hydrogens (tertiary/aromatic N) is 1. The van der Waals surface area contributed by atoms with E-state index in [1.54, 1.807) is 0 Å². The van der Waals surface area contributed by atoms with Crippen LogP contribution in [0.5, 0.6) is 0 Å². The number of aromatic nitrogens is 1. The molecular formula is C19H28N2. The number of nitrogens with one attached hydrogen (secondary N) is 1. The van der Waals surface area contributed by atoms with Gasteiger partial charge in [-0.05, 0) is 50.1 Å². The molecule has 1 aromatic heterocycles. The number of pyridine rings is 1. The highest BCUT2D eigenvalue weighted by atomic mass is 14.9. The van der Waals surface area contributed by atoms with E-state index in [1.807, 2.05) is 6.92 Å². The fraction of sp³-hybridized carbons (Fsp3) is 0.526. The minimum absolute atomic E-state index is 0.474. The number of rotatable bonds is 8. The van der Waals surface area contributed by atoms with E-state index < -0.39 is 0 Å². The highest BCUT2D eigenvalue weighted by Crippen LogP contribution is 2.24. The van der Waals surface area contributed by atoms with Crippen molar-refractivity contribution in [1.29, 1.82) is 0 Å². The van der Waals surface area contributed by atoms with Gasteiger partial charge in [-0.1, -0.05) is 45.2 Å². The normalized spacial score (nSPS) is 12.7. The second-order valence-corrected chi connectivity index (χ2v) is 5.91. The van der Waals surface area contributed by atoms with Gasteiger partial charge in [-0.2, -0.15) is 0 Å². The lowest BCUT2D eigenvalue weighted by Gasteiger charge is -2.19. The lowest BCUT2D eigenvalue weighted by atomic mass is 9.98. The van der Waals surface area contributed by atoms with Crippen LogP contribution in [0.2, 0.25) is 0 Å². The molecule has 1 atom stereocenters. The van der Waals surface area contributed by atoms with E-state index in [9.17, 15) is 0 Å². The van der Waals surface area contributed by atoms with Crippen molar-refractivity contribution >= 4 is 10.9 Å². The molecule has 0 aliphatic carbocycles. The Labute approximate surface area is 129 Å². The van der Waals surface area contributed by atoms with Crippen molar-refractivity contribution in [1.82, 2.24) is 10.3 Å². The Bertz CT molecular complexity index is 562. The number of aryl methyl sites for hydroxylation is 1. The van der Waals surface area contributed by atoms with Crippen LogP contribution in [0, 0.1) is 6.92 Å². The summed E-state index contributed by atoms with van der Waals surface area (Å²) in [5, 5.41) is 4.95. The third-order valence-electron chi connectivity index (χ3n) is 3.99. The van der Waals surface area contributed by atoms with Gasteiger partial charge in [0.25, 0.3) is 0 Å². The molecule has 0 amide bonds. The number of fused-ring (bicyclic) bond motifs is 1. The largest absolute Gasteiger partial charge is 0.310 e. The second kappa shape index (κ2) is 8.14. The Balaban J connectivity index is 2.19. The summed E-state index contributed by atoms with van der Waals surface area (Å²) in [6, 6.07) is 11.5. The molecule has 0 saturated heterocycles. The maximum absolute atomic E-state index is 4.59. The maximum Gasteiger partial charge on any atom is 0.0705 e. The van der Waals surface area contributed by atoms with E-state index >= 15 is 0 Å². The second-order valence-electron chi connectivity index (χ2n) is 5.91. The fourth-order valence-corrected chi connectivity index (χ4v) is 2.77. The summed E-state index contributed by atoms with van der Waals surface area (Å²) in [6.07, 6.45) is 6.29. The first-order valence-corrected chi connectivity index (χ1v) is 8.35. The van der Waals surface area contributed by atoms with E-state index in [0.717, 1.165) is 17.8 Å². The van der Waals surface area contributed by atoms with Crippen molar-refractivity contribution in [3.05, 3.63) is 41.6 Å². The number of benzene rings is 1. The monoisotopic (exact) mass is 284 g/mol. The van der Waals surface area contributed by atoms with Crippen LogP contribution in [-0.2, 0) is 0 Å². The van der Waals surface area contributed by atoms with E-state index in [2.05, 4.69) is 54.5 Å². The molecule has 0 spiro atoms. The number of hydrogen-bond donors (Lipinski definition) is 1.